The van der Waals surface area contributed by atoms with Crippen molar-refractivity contribution in [2.24, 2.45) is 5.92 Å². The highest BCUT2D eigenvalue weighted by atomic mass is 16.2. The molecule has 4 nitrogen and oxygen atoms in total. The zero-order valence-electron chi connectivity index (χ0n) is 10.4. The molecule has 17 heavy (non-hydrogen) atoms. The Morgan fingerprint density at radius 3 is 2.94 bits per heavy atom. The fourth-order valence-corrected chi connectivity index (χ4v) is 2.28. The number of carbonyl (C=O) groups excluding carboxylic acids is 1. The van der Waals surface area contributed by atoms with Gasteiger partial charge in [0.2, 0.25) is 0 Å². The molecule has 2 atom stereocenters. The first-order chi connectivity index (χ1) is 8.08. The molecule has 2 rings (SSSR count). The van der Waals surface area contributed by atoms with Crippen LogP contribution in [0.15, 0.2) is 18.3 Å². The van der Waals surface area contributed by atoms with E-state index in [4.69, 9.17) is 5.73 Å². The molecule has 0 bridgehead atoms. The minimum absolute atomic E-state index is 0.00338. The number of hydrogen-bond donors (Lipinski definition) is 1. The fourth-order valence-electron chi connectivity index (χ4n) is 2.28. The maximum absolute atomic E-state index is 12.3. The average molecular weight is 233 g/mol. The normalized spacial score (nSPS) is 24.7. The van der Waals surface area contributed by atoms with Gasteiger partial charge in [-0.2, -0.15) is 0 Å². The van der Waals surface area contributed by atoms with E-state index in [0.717, 1.165) is 13.0 Å². The summed E-state index contributed by atoms with van der Waals surface area (Å²) in [5.74, 6) is 0.563. The summed E-state index contributed by atoms with van der Waals surface area (Å²) in [5.41, 5.74) is 6.71. The molecule has 1 saturated heterocycles. The molecule has 2 heterocycles. The van der Waals surface area contributed by atoms with E-state index in [1.807, 2.05) is 4.90 Å². The highest BCUT2D eigenvalue weighted by molar-refractivity contribution is 5.93. The largest absolute Gasteiger partial charge is 0.399 e. The number of nitrogens with two attached hydrogens (primary N) is 1. The zero-order valence-corrected chi connectivity index (χ0v) is 10.4. The van der Waals surface area contributed by atoms with E-state index in [1.54, 1.807) is 18.3 Å². The summed E-state index contributed by atoms with van der Waals surface area (Å²) in [6, 6.07) is 3.63. The summed E-state index contributed by atoms with van der Waals surface area (Å²) in [4.78, 5) is 18.3. The number of amides is 1. The van der Waals surface area contributed by atoms with Gasteiger partial charge in [0.1, 0.15) is 5.69 Å². The average Bonchev–Trinajstić information content (AvgIpc) is 2.31. The molecular formula is C13H19N3O. The summed E-state index contributed by atoms with van der Waals surface area (Å²) >= 11 is 0. The van der Waals surface area contributed by atoms with Crippen LogP contribution in [0, 0.1) is 5.92 Å². The first-order valence-electron chi connectivity index (χ1n) is 6.10. The molecule has 1 fully saturated rings. The van der Waals surface area contributed by atoms with Gasteiger partial charge in [0.15, 0.2) is 0 Å². The molecule has 92 valence electrons. The Labute approximate surface area is 102 Å². The first-order valence-corrected chi connectivity index (χ1v) is 6.10. The molecule has 1 amide bonds. The van der Waals surface area contributed by atoms with Gasteiger partial charge in [-0.25, -0.2) is 0 Å². The summed E-state index contributed by atoms with van der Waals surface area (Å²) in [6.45, 7) is 5.09. The van der Waals surface area contributed by atoms with Crippen molar-refractivity contribution >= 4 is 11.6 Å². The minimum atomic E-state index is -0.00338. The van der Waals surface area contributed by atoms with Crippen LogP contribution >= 0.6 is 0 Å². The Hall–Kier alpha value is -1.58. The van der Waals surface area contributed by atoms with Crippen LogP contribution in [-0.4, -0.2) is 28.4 Å². The van der Waals surface area contributed by atoms with Gasteiger partial charge < -0.3 is 10.6 Å². The van der Waals surface area contributed by atoms with Crippen molar-refractivity contribution in [2.75, 3.05) is 12.3 Å². The molecule has 2 N–H and O–H groups in total. The Kier molecular flexibility index (Phi) is 3.31. The van der Waals surface area contributed by atoms with Gasteiger partial charge in [-0.1, -0.05) is 6.92 Å². The number of piperidine rings is 1. The number of rotatable bonds is 1. The lowest BCUT2D eigenvalue weighted by atomic mass is 9.95. The molecule has 0 spiro atoms. The van der Waals surface area contributed by atoms with Gasteiger partial charge in [-0.3, -0.25) is 9.78 Å². The van der Waals surface area contributed by atoms with Crippen molar-refractivity contribution in [3.63, 3.8) is 0 Å². The highest BCUT2D eigenvalue weighted by Gasteiger charge is 2.28. The maximum Gasteiger partial charge on any atom is 0.272 e. The topological polar surface area (TPSA) is 59.2 Å². The Morgan fingerprint density at radius 1 is 1.47 bits per heavy atom. The number of aromatic nitrogens is 1. The zero-order chi connectivity index (χ0) is 12.4. The number of anilines is 1. The molecule has 4 heteroatoms. The molecule has 0 saturated carbocycles. The van der Waals surface area contributed by atoms with E-state index in [-0.39, 0.29) is 5.91 Å². The van der Waals surface area contributed by atoms with Crippen molar-refractivity contribution in [3.05, 3.63) is 24.0 Å². The van der Waals surface area contributed by atoms with Gasteiger partial charge >= 0.3 is 0 Å². The van der Waals surface area contributed by atoms with Crippen LogP contribution in [0.2, 0.25) is 0 Å². The van der Waals surface area contributed by atoms with E-state index in [9.17, 15) is 4.79 Å². The third-order valence-electron chi connectivity index (χ3n) is 3.38. The lowest BCUT2D eigenvalue weighted by Crippen LogP contribution is -2.45. The summed E-state index contributed by atoms with van der Waals surface area (Å²) < 4.78 is 0. The predicted octanol–water partition coefficient (Wildman–Crippen LogP) is 1.92. The molecule has 0 aromatic carbocycles. The number of nitrogens with zero attached hydrogens (tertiary/aromatic N) is 2. The Balaban J connectivity index is 2.18. The van der Waals surface area contributed by atoms with Crippen molar-refractivity contribution in [3.8, 4) is 0 Å². The monoisotopic (exact) mass is 233 g/mol. The highest BCUT2D eigenvalue weighted by Crippen LogP contribution is 2.23. The SMILES string of the molecule is CC1CCC(C)N(C(=O)c2cc(N)ccn2)C1. The number of likely N-dealkylation sites (tertiary alicyclic amines) is 1. The fraction of sp³-hybridized carbons (Fsp3) is 0.538. The van der Waals surface area contributed by atoms with Crippen LogP contribution < -0.4 is 5.73 Å². The molecule has 0 aliphatic carbocycles. The third-order valence-corrected chi connectivity index (χ3v) is 3.38. The second kappa shape index (κ2) is 4.73. The van der Waals surface area contributed by atoms with Crippen LogP contribution in [-0.2, 0) is 0 Å². The second-order valence-electron chi connectivity index (χ2n) is 4.96. The number of nitrogen functional groups attached to an aromatic ring is 1. The maximum atomic E-state index is 12.3. The quantitative estimate of drug-likeness (QED) is 0.806. The van der Waals surface area contributed by atoms with Crippen molar-refractivity contribution in [2.45, 2.75) is 32.7 Å². The van der Waals surface area contributed by atoms with Crippen LogP contribution in [0.5, 0.6) is 0 Å². The number of carbonyl (C=O) groups is 1. The molecule has 0 radical (unpaired) electrons. The summed E-state index contributed by atoms with van der Waals surface area (Å²) in [6.07, 6.45) is 3.84. The van der Waals surface area contributed by atoms with E-state index >= 15 is 0 Å². The van der Waals surface area contributed by atoms with Gasteiger partial charge in [-0.15, -0.1) is 0 Å². The van der Waals surface area contributed by atoms with Crippen molar-refractivity contribution in [1.29, 1.82) is 0 Å². The van der Waals surface area contributed by atoms with Crippen molar-refractivity contribution in [1.82, 2.24) is 9.88 Å². The molecule has 1 aromatic rings. The third kappa shape index (κ3) is 2.57. The van der Waals surface area contributed by atoms with E-state index < -0.39 is 0 Å². The minimum Gasteiger partial charge on any atom is -0.399 e. The Morgan fingerprint density at radius 2 is 2.24 bits per heavy atom. The number of hydrogen-bond acceptors (Lipinski definition) is 3. The van der Waals surface area contributed by atoms with Crippen LogP contribution in [0.25, 0.3) is 0 Å². The van der Waals surface area contributed by atoms with Gasteiger partial charge in [0.25, 0.3) is 5.91 Å². The van der Waals surface area contributed by atoms with Crippen LogP contribution in [0.1, 0.15) is 37.2 Å². The predicted molar refractivity (Wildman–Crippen MR) is 67.5 cm³/mol. The smallest absolute Gasteiger partial charge is 0.272 e. The molecule has 1 aliphatic rings. The van der Waals surface area contributed by atoms with Crippen LogP contribution in [0.3, 0.4) is 0 Å². The second-order valence-corrected chi connectivity index (χ2v) is 4.96. The lowest BCUT2D eigenvalue weighted by Gasteiger charge is -2.36. The molecular weight excluding hydrogens is 214 g/mol. The Bertz CT molecular complexity index is 419. The summed E-state index contributed by atoms with van der Waals surface area (Å²) in [7, 11) is 0. The standard InChI is InChI=1S/C13H19N3O/c1-9-3-4-10(2)16(8-9)13(17)12-7-11(14)5-6-15-12/h5-7,9-10H,3-4,8H2,1-2H3,(H2,14,15). The molecule has 1 aromatic heterocycles. The number of pyridine rings is 1. The van der Waals surface area contributed by atoms with Gasteiger partial charge in [0, 0.05) is 24.5 Å². The molecule has 1 aliphatic heterocycles. The van der Waals surface area contributed by atoms with E-state index in [2.05, 4.69) is 18.8 Å². The first kappa shape index (κ1) is 11.9. The van der Waals surface area contributed by atoms with Crippen LogP contribution in [0.4, 0.5) is 5.69 Å². The van der Waals surface area contributed by atoms with E-state index in [1.165, 1.54) is 6.42 Å². The summed E-state index contributed by atoms with van der Waals surface area (Å²) in [5, 5.41) is 0. The van der Waals surface area contributed by atoms with E-state index in [0.29, 0.717) is 23.3 Å². The van der Waals surface area contributed by atoms with Crippen molar-refractivity contribution < 1.29 is 4.79 Å². The van der Waals surface area contributed by atoms with Gasteiger partial charge in [0.05, 0.1) is 0 Å². The lowest BCUT2D eigenvalue weighted by molar-refractivity contribution is 0.0568. The molecule has 2 unspecified atom stereocenters. The van der Waals surface area contributed by atoms with Gasteiger partial charge in [-0.05, 0) is 37.8 Å².